The molecule has 0 aliphatic carbocycles. The van der Waals surface area contributed by atoms with E-state index in [0.717, 1.165) is 12.1 Å². The van der Waals surface area contributed by atoms with Gasteiger partial charge < -0.3 is 25.3 Å². The molecule has 10 heteroatoms. The Morgan fingerprint density at radius 1 is 0.900 bits per heavy atom. The van der Waals surface area contributed by atoms with Gasteiger partial charge in [0.1, 0.15) is 18.1 Å². The summed E-state index contributed by atoms with van der Waals surface area (Å²) in [5.74, 6) is -0.937. The molecule has 4 atom stereocenters. The van der Waals surface area contributed by atoms with Crippen LogP contribution in [-0.4, -0.2) is 90.6 Å². The van der Waals surface area contributed by atoms with E-state index < -0.39 is 24.2 Å². The highest BCUT2D eigenvalue weighted by Gasteiger charge is 2.53. The van der Waals surface area contributed by atoms with Gasteiger partial charge in [-0.3, -0.25) is 24.0 Å². The number of amides is 4. The van der Waals surface area contributed by atoms with Gasteiger partial charge in [0.15, 0.2) is 5.78 Å². The fourth-order valence-electron chi connectivity index (χ4n) is 5.61. The molecule has 2 saturated heterocycles. The summed E-state index contributed by atoms with van der Waals surface area (Å²) in [5.41, 5.74) is 1.41. The normalized spacial score (nSPS) is 20.0. The maximum atomic E-state index is 13.8. The van der Waals surface area contributed by atoms with Crippen LogP contribution in [0.5, 0.6) is 0 Å². The van der Waals surface area contributed by atoms with Crippen LogP contribution in [0.25, 0.3) is 0 Å². The molecule has 40 heavy (non-hydrogen) atoms. The molecule has 0 spiro atoms. The first-order chi connectivity index (χ1) is 18.8. The van der Waals surface area contributed by atoms with Crippen molar-refractivity contribution in [2.45, 2.75) is 84.5 Å². The highest BCUT2D eigenvalue weighted by Crippen LogP contribution is 2.31. The van der Waals surface area contributed by atoms with Gasteiger partial charge in [0.2, 0.25) is 17.7 Å². The molecule has 10 nitrogen and oxygen atoms in total. The minimum absolute atomic E-state index is 0.0882. The van der Waals surface area contributed by atoms with Crippen LogP contribution in [0, 0.1) is 11.8 Å². The number of rotatable bonds is 11. The van der Waals surface area contributed by atoms with Crippen LogP contribution in [-0.2, 0) is 19.2 Å². The second-order valence-corrected chi connectivity index (χ2v) is 12.1. The van der Waals surface area contributed by atoms with Crippen molar-refractivity contribution in [1.82, 2.24) is 20.4 Å². The summed E-state index contributed by atoms with van der Waals surface area (Å²) < 4.78 is 0. The number of nitrogens with zero attached hydrogens (tertiary/aromatic N) is 3. The summed E-state index contributed by atoms with van der Waals surface area (Å²) in [6, 6.07) is 4.46. The molecule has 4 unspecified atom stereocenters. The number of likely N-dealkylation sites (tertiary alicyclic amines) is 2. The Balaban J connectivity index is 1.76. The first-order valence-corrected chi connectivity index (χ1v) is 14.3. The standard InChI is InChI=1S/C30H45N5O5/c1-18(2)8-13-23(31-20(5)36)29(39)35-17-26(37)27-25(35)14-15-34(27)30(40)24(16-19(3)4)32-28(38)21-9-11-22(12-10-21)33(6)7/h9-12,18-19,23-25,27H,8,13-17H2,1-7H3,(H,31,36)(H,32,38). The zero-order valence-electron chi connectivity index (χ0n) is 24.9. The van der Waals surface area contributed by atoms with E-state index in [-0.39, 0.29) is 41.9 Å². The van der Waals surface area contributed by atoms with E-state index in [1.54, 1.807) is 21.9 Å². The molecule has 0 saturated carbocycles. The van der Waals surface area contributed by atoms with Crippen LogP contribution < -0.4 is 15.5 Å². The van der Waals surface area contributed by atoms with E-state index >= 15 is 0 Å². The molecule has 0 bridgehead atoms. The summed E-state index contributed by atoms with van der Waals surface area (Å²) in [4.78, 5) is 70.4. The third-order valence-electron chi connectivity index (χ3n) is 7.65. The summed E-state index contributed by atoms with van der Waals surface area (Å²) in [6.45, 7) is 9.67. The van der Waals surface area contributed by atoms with Gasteiger partial charge in [-0.15, -0.1) is 0 Å². The number of fused-ring (bicyclic) bond motifs is 1. The molecule has 0 aromatic heterocycles. The summed E-state index contributed by atoms with van der Waals surface area (Å²) in [6.07, 6.45) is 2.13. The first-order valence-electron chi connectivity index (χ1n) is 14.3. The Kier molecular flexibility index (Phi) is 10.3. The second kappa shape index (κ2) is 13.3. The van der Waals surface area contributed by atoms with E-state index in [1.165, 1.54) is 6.92 Å². The highest BCUT2D eigenvalue weighted by atomic mass is 16.2. The molecule has 3 rings (SSSR count). The van der Waals surface area contributed by atoms with Gasteiger partial charge in [0.05, 0.1) is 12.6 Å². The van der Waals surface area contributed by atoms with Crippen molar-refractivity contribution in [1.29, 1.82) is 0 Å². The number of benzene rings is 1. The molecule has 2 aliphatic heterocycles. The molecule has 220 valence electrons. The van der Waals surface area contributed by atoms with Crippen molar-refractivity contribution in [3.63, 3.8) is 0 Å². The third kappa shape index (κ3) is 7.40. The molecule has 1 aromatic rings. The molecule has 2 heterocycles. The minimum Gasteiger partial charge on any atom is -0.378 e. The fraction of sp³-hybridized carbons (Fsp3) is 0.633. The van der Waals surface area contributed by atoms with Crippen LogP contribution in [0.1, 0.15) is 70.7 Å². The lowest BCUT2D eigenvalue weighted by molar-refractivity contribution is -0.138. The SMILES string of the molecule is CC(=O)NC(CCC(C)C)C(=O)N1CC(=O)C2C1CCN2C(=O)C(CC(C)C)NC(=O)c1ccc(N(C)C)cc1. The Morgan fingerprint density at radius 3 is 2.08 bits per heavy atom. The number of hydrogen-bond donors (Lipinski definition) is 2. The average molecular weight is 556 g/mol. The van der Waals surface area contributed by atoms with Crippen LogP contribution in [0.15, 0.2) is 24.3 Å². The van der Waals surface area contributed by atoms with Crippen LogP contribution in [0.4, 0.5) is 5.69 Å². The van der Waals surface area contributed by atoms with Gasteiger partial charge in [-0.1, -0.05) is 27.7 Å². The smallest absolute Gasteiger partial charge is 0.251 e. The van der Waals surface area contributed by atoms with E-state index in [9.17, 15) is 24.0 Å². The Hall–Kier alpha value is -3.43. The van der Waals surface area contributed by atoms with Crippen molar-refractivity contribution in [3.05, 3.63) is 29.8 Å². The lowest BCUT2D eigenvalue weighted by Gasteiger charge is -2.30. The van der Waals surface area contributed by atoms with Crippen LogP contribution in [0.2, 0.25) is 0 Å². The number of hydrogen-bond acceptors (Lipinski definition) is 6. The van der Waals surface area contributed by atoms with Crippen LogP contribution >= 0.6 is 0 Å². The van der Waals surface area contributed by atoms with E-state index in [4.69, 9.17) is 0 Å². The van der Waals surface area contributed by atoms with Crippen molar-refractivity contribution in [2.24, 2.45) is 11.8 Å². The van der Waals surface area contributed by atoms with E-state index in [2.05, 4.69) is 24.5 Å². The number of Topliss-reactive ketones (excluding diaryl/α,β-unsaturated/α-hetero) is 1. The monoisotopic (exact) mass is 555 g/mol. The summed E-state index contributed by atoms with van der Waals surface area (Å²) in [7, 11) is 3.83. The lowest BCUT2D eigenvalue weighted by Crippen LogP contribution is -2.53. The van der Waals surface area contributed by atoms with Gasteiger partial charge in [0, 0.05) is 38.8 Å². The van der Waals surface area contributed by atoms with Gasteiger partial charge in [-0.2, -0.15) is 0 Å². The summed E-state index contributed by atoms with van der Waals surface area (Å²) in [5, 5.41) is 5.66. The molecule has 2 N–H and O–H groups in total. The molecule has 0 radical (unpaired) electrons. The maximum Gasteiger partial charge on any atom is 0.251 e. The van der Waals surface area contributed by atoms with Crippen molar-refractivity contribution < 1.29 is 24.0 Å². The number of nitrogens with one attached hydrogen (secondary N) is 2. The lowest BCUT2D eigenvalue weighted by atomic mass is 10.0. The molecule has 1 aromatic carbocycles. The molecular weight excluding hydrogens is 510 g/mol. The largest absolute Gasteiger partial charge is 0.378 e. The molecule has 2 aliphatic rings. The molecule has 4 amide bonds. The number of ketones is 1. The minimum atomic E-state index is -0.796. The van der Waals surface area contributed by atoms with E-state index in [1.807, 2.05) is 45.0 Å². The number of carbonyl (C=O) groups is 5. The zero-order valence-corrected chi connectivity index (χ0v) is 24.9. The van der Waals surface area contributed by atoms with Gasteiger partial charge in [-0.25, -0.2) is 0 Å². The van der Waals surface area contributed by atoms with Gasteiger partial charge in [-0.05, 0) is 61.8 Å². The van der Waals surface area contributed by atoms with Gasteiger partial charge in [0.25, 0.3) is 5.91 Å². The summed E-state index contributed by atoms with van der Waals surface area (Å²) >= 11 is 0. The molecule has 2 fully saturated rings. The highest BCUT2D eigenvalue weighted by molar-refractivity contribution is 6.01. The van der Waals surface area contributed by atoms with Crippen LogP contribution in [0.3, 0.4) is 0 Å². The number of anilines is 1. The first kappa shape index (κ1) is 31.1. The Morgan fingerprint density at radius 2 is 1.52 bits per heavy atom. The topological polar surface area (TPSA) is 119 Å². The Labute approximate surface area is 237 Å². The third-order valence-corrected chi connectivity index (χ3v) is 7.65. The molecular formula is C30H45N5O5. The van der Waals surface area contributed by atoms with Crippen molar-refractivity contribution in [2.75, 3.05) is 32.1 Å². The van der Waals surface area contributed by atoms with Crippen molar-refractivity contribution >= 4 is 35.1 Å². The zero-order chi connectivity index (χ0) is 29.7. The quantitative estimate of drug-likeness (QED) is 0.432. The average Bonchev–Trinajstić information content (AvgIpc) is 3.46. The van der Waals surface area contributed by atoms with E-state index in [0.29, 0.717) is 37.3 Å². The Bertz CT molecular complexity index is 1100. The van der Waals surface area contributed by atoms with Gasteiger partial charge >= 0.3 is 0 Å². The number of carbonyl (C=O) groups excluding carboxylic acids is 5. The fourth-order valence-corrected chi connectivity index (χ4v) is 5.61. The predicted octanol–water partition coefficient (Wildman–Crippen LogP) is 2.22. The van der Waals surface area contributed by atoms with Crippen molar-refractivity contribution in [3.8, 4) is 0 Å². The predicted molar refractivity (Wildman–Crippen MR) is 154 cm³/mol. The second-order valence-electron chi connectivity index (χ2n) is 12.1. The maximum absolute atomic E-state index is 13.8.